The van der Waals surface area contributed by atoms with Crippen molar-refractivity contribution < 1.29 is 28.6 Å². The van der Waals surface area contributed by atoms with Gasteiger partial charge in [0.15, 0.2) is 6.10 Å². The van der Waals surface area contributed by atoms with Crippen LogP contribution in [0.2, 0.25) is 0 Å². The SMILES string of the molecule is CCCCCCCCCCCCCCCCCCCC(=O)OC[C@@H](COC(=O)CCCCCCCCCCCCCCCC(C)C)OC(=O)CCCCCCCCCCCCCCCCCCC. The molecule has 0 rings (SSSR count). The maximum Gasteiger partial charge on any atom is 0.306 e. The number of unbranched alkanes of at least 4 members (excludes halogenated alkanes) is 44. The lowest BCUT2D eigenvalue weighted by Gasteiger charge is -2.18. The smallest absolute Gasteiger partial charge is 0.306 e. The van der Waals surface area contributed by atoms with Gasteiger partial charge in [-0.1, -0.05) is 317 Å². The van der Waals surface area contributed by atoms with Gasteiger partial charge in [0.25, 0.3) is 0 Å². The fourth-order valence-electron chi connectivity index (χ4n) is 9.63. The number of carbonyl (C=O) groups is 3. The third-order valence-electron chi connectivity index (χ3n) is 14.3. The zero-order valence-corrected chi connectivity index (χ0v) is 46.6. The lowest BCUT2D eigenvalue weighted by atomic mass is 10.0. The quantitative estimate of drug-likeness (QED) is 0.0343. The van der Waals surface area contributed by atoms with Crippen molar-refractivity contribution in [1.82, 2.24) is 0 Å². The van der Waals surface area contributed by atoms with E-state index in [1.165, 1.54) is 250 Å². The fraction of sp³-hybridized carbons (Fsp3) is 0.952. The average molecular weight is 962 g/mol. The van der Waals surface area contributed by atoms with Crippen LogP contribution in [0.5, 0.6) is 0 Å². The van der Waals surface area contributed by atoms with Gasteiger partial charge in [-0.15, -0.1) is 0 Å². The molecular weight excluding hydrogens is 841 g/mol. The van der Waals surface area contributed by atoms with E-state index in [-0.39, 0.29) is 31.1 Å². The zero-order valence-electron chi connectivity index (χ0n) is 46.6. The van der Waals surface area contributed by atoms with E-state index in [9.17, 15) is 14.4 Å². The molecule has 0 aliphatic carbocycles. The summed E-state index contributed by atoms with van der Waals surface area (Å²) in [5, 5.41) is 0. The second-order valence-corrected chi connectivity index (χ2v) is 21.8. The average Bonchev–Trinajstić information content (AvgIpc) is 3.32. The van der Waals surface area contributed by atoms with Gasteiger partial charge in [-0.05, 0) is 25.2 Å². The summed E-state index contributed by atoms with van der Waals surface area (Å²) in [4.78, 5) is 38.2. The Kier molecular flexibility index (Phi) is 55.0. The van der Waals surface area contributed by atoms with Crippen molar-refractivity contribution in [3.8, 4) is 0 Å². The Labute approximate surface area is 425 Å². The number of hydrogen-bond donors (Lipinski definition) is 0. The highest BCUT2D eigenvalue weighted by atomic mass is 16.6. The predicted molar refractivity (Wildman–Crippen MR) is 293 cm³/mol. The summed E-state index contributed by atoms with van der Waals surface area (Å²) in [5.41, 5.74) is 0. The first-order valence-corrected chi connectivity index (χ1v) is 30.9. The van der Waals surface area contributed by atoms with E-state index in [2.05, 4.69) is 27.7 Å². The van der Waals surface area contributed by atoms with E-state index in [0.29, 0.717) is 19.3 Å². The van der Waals surface area contributed by atoms with Crippen LogP contribution in [-0.2, 0) is 28.6 Å². The molecule has 0 saturated heterocycles. The molecule has 0 unspecified atom stereocenters. The van der Waals surface area contributed by atoms with Gasteiger partial charge in [0.2, 0.25) is 0 Å². The number of hydrogen-bond acceptors (Lipinski definition) is 6. The van der Waals surface area contributed by atoms with Crippen LogP contribution in [-0.4, -0.2) is 37.2 Å². The van der Waals surface area contributed by atoms with Gasteiger partial charge >= 0.3 is 17.9 Å². The molecule has 0 bridgehead atoms. The van der Waals surface area contributed by atoms with Crippen LogP contribution in [0.1, 0.15) is 355 Å². The van der Waals surface area contributed by atoms with Gasteiger partial charge < -0.3 is 14.2 Å². The Bertz CT molecular complexity index is 1030. The van der Waals surface area contributed by atoms with Crippen molar-refractivity contribution in [3.63, 3.8) is 0 Å². The first-order chi connectivity index (χ1) is 33.4. The minimum absolute atomic E-state index is 0.0614. The molecule has 68 heavy (non-hydrogen) atoms. The molecule has 0 amide bonds. The van der Waals surface area contributed by atoms with Crippen LogP contribution >= 0.6 is 0 Å². The summed E-state index contributed by atoms with van der Waals surface area (Å²) in [6, 6.07) is 0. The molecule has 404 valence electrons. The van der Waals surface area contributed by atoms with Crippen molar-refractivity contribution in [2.24, 2.45) is 5.92 Å². The largest absolute Gasteiger partial charge is 0.462 e. The fourth-order valence-corrected chi connectivity index (χ4v) is 9.63. The topological polar surface area (TPSA) is 78.9 Å². The zero-order chi connectivity index (χ0) is 49.5. The Morgan fingerprint density at radius 1 is 0.279 bits per heavy atom. The van der Waals surface area contributed by atoms with Crippen LogP contribution < -0.4 is 0 Å². The van der Waals surface area contributed by atoms with Crippen LogP contribution in [0.3, 0.4) is 0 Å². The lowest BCUT2D eigenvalue weighted by molar-refractivity contribution is -0.167. The third-order valence-corrected chi connectivity index (χ3v) is 14.3. The minimum atomic E-state index is -0.762. The molecule has 0 radical (unpaired) electrons. The van der Waals surface area contributed by atoms with Crippen molar-refractivity contribution in [1.29, 1.82) is 0 Å². The summed E-state index contributed by atoms with van der Waals surface area (Å²) in [6.07, 6.45) is 62.4. The van der Waals surface area contributed by atoms with E-state index in [4.69, 9.17) is 14.2 Å². The molecule has 0 saturated carbocycles. The van der Waals surface area contributed by atoms with Crippen molar-refractivity contribution in [2.75, 3.05) is 13.2 Å². The normalized spacial score (nSPS) is 12.0. The number of rotatable bonds is 57. The number of ether oxygens (including phenoxy) is 3. The summed E-state index contributed by atoms with van der Waals surface area (Å²) >= 11 is 0. The third kappa shape index (κ3) is 55.3. The van der Waals surface area contributed by atoms with Gasteiger partial charge in [-0.3, -0.25) is 14.4 Å². The molecule has 1 atom stereocenters. The molecule has 0 N–H and O–H groups in total. The monoisotopic (exact) mass is 961 g/mol. The molecule has 6 heteroatoms. The maximum absolute atomic E-state index is 12.9. The predicted octanol–water partition coefficient (Wildman–Crippen LogP) is 20.6. The van der Waals surface area contributed by atoms with Crippen molar-refractivity contribution in [3.05, 3.63) is 0 Å². The second-order valence-electron chi connectivity index (χ2n) is 21.8. The molecule has 0 aliphatic rings. The summed E-state index contributed by atoms with van der Waals surface area (Å²) in [5.74, 6) is 0.00988. The molecule has 0 spiro atoms. The molecule has 0 aromatic rings. The Morgan fingerprint density at radius 2 is 0.485 bits per heavy atom. The van der Waals surface area contributed by atoms with Crippen LogP contribution in [0.25, 0.3) is 0 Å². The second kappa shape index (κ2) is 56.3. The van der Waals surface area contributed by atoms with E-state index >= 15 is 0 Å². The summed E-state index contributed by atoms with van der Waals surface area (Å²) in [7, 11) is 0. The minimum Gasteiger partial charge on any atom is -0.462 e. The Balaban J connectivity index is 4.29. The maximum atomic E-state index is 12.9. The van der Waals surface area contributed by atoms with Crippen molar-refractivity contribution >= 4 is 17.9 Å². The highest BCUT2D eigenvalue weighted by molar-refractivity contribution is 5.71. The van der Waals surface area contributed by atoms with E-state index in [1.54, 1.807) is 0 Å². The summed E-state index contributed by atoms with van der Waals surface area (Å²) < 4.78 is 16.9. The molecular formula is C62H120O6. The molecule has 0 aliphatic heterocycles. The Hall–Kier alpha value is -1.59. The molecule has 6 nitrogen and oxygen atoms in total. The van der Waals surface area contributed by atoms with Crippen LogP contribution in [0.15, 0.2) is 0 Å². The Morgan fingerprint density at radius 3 is 0.721 bits per heavy atom. The van der Waals surface area contributed by atoms with Gasteiger partial charge in [0.05, 0.1) is 0 Å². The van der Waals surface area contributed by atoms with Crippen molar-refractivity contribution in [2.45, 2.75) is 361 Å². The van der Waals surface area contributed by atoms with Crippen LogP contribution in [0.4, 0.5) is 0 Å². The number of esters is 3. The standard InChI is InChI=1S/C62H120O6/c1-5-7-9-11-13-15-17-19-21-23-25-29-33-37-41-45-49-53-60(63)66-56-59(57-67-61(64)54-50-46-42-38-34-31-27-28-32-36-40-44-48-52-58(3)4)68-62(65)55-51-47-43-39-35-30-26-24-22-20-18-16-14-12-10-8-6-2/h58-59H,5-57H2,1-4H3/t59-/m0/s1. The van der Waals surface area contributed by atoms with Gasteiger partial charge in [-0.25, -0.2) is 0 Å². The van der Waals surface area contributed by atoms with E-state index < -0.39 is 6.10 Å². The van der Waals surface area contributed by atoms with Gasteiger partial charge in [-0.2, -0.15) is 0 Å². The molecule has 0 aromatic heterocycles. The highest BCUT2D eigenvalue weighted by Crippen LogP contribution is 2.18. The molecule has 0 heterocycles. The van der Waals surface area contributed by atoms with Gasteiger partial charge in [0.1, 0.15) is 13.2 Å². The first-order valence-electron chi connectivity index (χ1n) is 30.9. The lowest BCUT2D eigenvalue weighted by Crippen LogP contribution is -2.30. The van der Waals surface area contributed by atoms with Crippen LogP contribution in [0, 0.1) is 5.92 Å². The first kappa shape index (κ1) is 66.4. The summed E-state index contributed by atoms with van der Waals surface area (Å²) in [6.45, 7) is 9.08. The van der Waals surface area contributed by atoms with E-state index in [0.717, 1.165) is 63.7 Å². The highest BCUT2D eigenvalue weighted by Gasteiger charge is 2.19. The molecule has 0 fully saturated rings. The number of carbonyl (C=O) groups excluding carboxylic acids is 3. The van der Waals surface area contributed by atoms with E-state index in [1.807, 2.05) is 0 Å². The van der Waals surface area contributed by atoms with Gasteiger partial charge in [0, 0.05) is 19.3 Å². The molecule has 0 aromatic carbocycles.